The average Bonchev–Trinajstić information content (AvgIpc) is 3.35. The highest BCUT2D eigenvalue weighted by Crippen LogP contribution is 2.36. The third-order valence-electron chi connectivity index (χ3n) is 8.09. The number of carbonyl (C=O) groups excluding carboxylic acids is 1. The van der Waals surface area contributed by atoms with Gasteiger partial charge in [-0.25, -0.2) is 9.97 Å². The van der Waals surface area contributed by atoms with E-state index in [0.29, 0.717) is 11.7 Å². The number of rotatable bonds is 12. The van der Waals surface area contributed by atoms with Gasteiger partial charge in [-0.1, -0.05) is 75.8 Å². The molecule has 4 rings (SSSR count). The van der Waals surface area contributed by atoms with Gasteiger partial charge in [-0.05, 0) is 62.5 Å². The topological polar surface area (TPSA) is 58.6 Å². The largest absolute Gasteiger partial charge is 0.346 e. The summed E-state index contributed by atoms with van der Waals surface area (Å²) in [7, 11) is 0. The van der Waals surface area contributed by atoms with Crippen LogP contribution in [0, 0.1) is 11.8 Å². The zero-order valence-electron chi connectivity index (χ0n) is 21.6. The first kappa shape index (κ1) is 25.6. The van der Waals surface area contributed by atoms with Crippen LogP contribution in [0.2, 0.25) is 0 Å². The number of aromatic amines is 1. The lowest BCUT2D eigenvalue weighted by Gasteiger charge is -2.25. The number of carbonyl (C=O) groups is 1. The number of fused-ring (bicyclic) bond motifs is 1. The summed E-state index contributed by atoms with van der Waals surface area (Å²) in [6.07, 6.45) is 19.7. The average molecular weight is 474 g/mol. The summed E-state index contributed by atoms with van der Waals surface area (Å²) in [6.45, 7) is 2.21. The van der Waals surface area contributed by atoms with Gasteiger partial charge < -0.3 is 4.98 Å². The van der Waals surface area contributed by atoms with Gasteiger partial charge in [-0.3, -0.25) is 4.79 Å². The maximum absolute atomic E-state index is 13.0. The van der Waals surface area contributed by atoms with Crippen LogP contribution in [0.1, 0.15) is 108 Å². The molecule has 35 heavy (non-hydrogen) atoms. The molecule has 2 heterocycles. The monoisotopic (exact) mass is 473 g/mol. The fraction of sp³-hybridized carbons (Fsp3) is 0.581. The van der Waals surface area contributed by atoms with E-state index in [0.717, 1.165) is 56.5 Å². The molecule has 1 aliphatic rings. The smallest absolute Gasteiger partial charge is 0.140 e. The number of Topliss-reactive ketones (excluding diaryl/α,β-unsaturated/α-hetero) is 1. The van der Waals surface area contributed by atoms with Crippen molar-refractivity contribution in [2.45, 2.75) is 103 Å². The Hall–Kier alpha value is -2.49. The van der Waals surface area contributed by atoms with Crippen molar-refractivity contribution < 1.29 is 4.79 Å². The Balaban J connectivity index is 1.18. The maximum Gasteiger partial charge on any atom is 0.140 e. The third kappa shape index (κ3) is 7.49. The Labute approximate surface area is 211 Å². The van der Waals surface area contributed by atoms with Gasteiger partial charge in [0.2, 0.25) is 0 Å². The van der Waals surface area contributed by atoms with Crippen LogP contribution in [0.25, 0.3) is 11.0 Å². The molecule has 188 valence electrons. The molecule has 1 unspecified atom stereocenters. The standard InChI is InChI=1S/C31H43N3O/c1-2-10-26(17-6-13-24-11-4-3-5-12-24)29(35)20-9-16-25-14-7-18-27(19-8-15-25)30-28-21-22-32-31(28)34-23-33-30/h3-5,11-12,21-23,25-27H,2,6-10,13-20H2,1H3,(H,32,33,34). The highest BCUT2D eigenvalue weighted by Gasteiger charge is 2.22. The van der Waals surface area contributed by atoms with Gasteiger partial charge >= 0.3 is 0 Å². The fourth-order valence-electron chi connectivity index (χ4n) is 6.16. The molecular weight excluding hydrogens is 430 g/mol. The number of nitrogens with one attached hydrogen (secondary N) is 1. The summed E-state index contributed by atoms with van der Waals surface area (Å²) in [5.74, 6) is 2.11. The molecule has 0 saturated heterocycles. The number of benzene rings is 1. The molecule has 0 spiro atoms. The lowest BCUT2D eigenvalue weighted by Crippen LogP contribution is -2.16. The van der Waals surface area contributed by atoms with Crippen molar-refractivity contribution >= 4 is 16.8 Å². The molecule has 0 radical (unpaired) electrons. The number of ketones is 1. The molecule has 1 N–H and O–H groups in total. The van der Waals surface area contributed by atoms with Crippen molar-refractivity contribution in [3.8, 4) is 0 Å². The van der Waals surface area contributed by atoms with E-state index in [1.807, 2.05) is 6.20 Å². The Morgan fingerprint density at radius 2 is 1.80 bits per heavy atom. The number of aryl methyl sites for hydroxylation is 1. The van der Waals surface area contributed by atoms with Crippen LogP contribution < -0.4 is 0 Å². The molecule has 0 bridgehead atoms. The summed E-state index contributed by atoms with van der Waals surface area (Å²) in [5.41, 5.74) is 3.58. The minimum absolute atomic E-state index is 0.264. The van der Waals surface area contributed by atoms with Crippen LogP contribution in [0.5, 0.6) is 0 Å². The van der Waals surface area contributed by atoms with E-state index in [9.17, 15) is 4.79 Å². The summed E-state index contributed by atoms with van der Waals surface area (Å²) < 4.78 is 0. The fourth-order valence-corrected chi connectivity index (χ4v) is 6.16. The summed E-state index contributed by atoms with van der Waals surface area (Å²) in [5, 5.41) is 1.19. The van der Waals surface area contributed by atoms with Crippen LogP contribution in [-0.4, -0.2) is 20.7 Å². The first-order valence-corrected chi connectivity index (χ1v) is 14.1. The van der Waals surface area contributed by atoms with Crippen LogP contribution in [0.3, 0.4) is 0 Å². The Kier molecular flexibility index (Phi) is 9.92. The maximum atomic E-state index is 13.0. The van der Waals surface area contributed by atoms with E-state index in [2.05, 4.69) is 58.3 Å². The third-order valence-corrected chi connectivity index (χ3v) is 8.09. The minimum Gasteiger partial charge on any atom is -0.346 e. The lowest BCUT2D eigenvalue weighted by molar-refractivity contribution is -0.123. The second-order valence-corrected chi connectivity index (χ2v) is 10.6. The van der Waals surface area contributed by atoms with Gasteiger partial charge in [0.15, 0.2) is 0 Å². The Morgan fingerprint density at radius 1 is 1.00 bits per heavy atom. The minimum atomic E-state index is 0.264. The van der Waals surface area contributed by atoms with E-state index in [1.165, 1.54) is 61.6 Å². The number of hydrogen-bond acceptors (Lipinski definition) is 3. The quantitative estimate of drug-likeness (QED) is 0.288. The molecule has 1 aromatic carbocycles. The normalized spacial score (nSPS) is 19.8. The van der Waals surface area contributed by atoms with Gasteiger partial charge in [-0.2, -0.15) is 0 Å². The molecule has 1 atom stereocenters. The molecule has 1 aliphatic carbocycles. The second kappa shape index (κ2) is 13.6. The van der Waals surface area contributed by atoms with Crippen LogP contribution in [0.4, 0.5) is 0 Å². The molecular formula is C31H43N3O. The SMILES string of the molecule is CCCC(CCCc1ccccc1)C(=O)CCCC1CCCC(c2ncnc3[nH]ccc23)CCC1. The summed E-state index contributed by atoms with van der Waals surface area (Å²) >= 11 is 0. The highest BCUT2D eigenvalue weighted by molar-refractivity contribution is 5.81. The molecule has 1 fully saturated rings. The molecule has 0 amide bonds. The van der Waals surface area contributed by atoms with Crippen LogP contribution in [0.15, 0.2) is 48.9 Å². The zero-order valence-corrected chi connectivity index (χ0v) is 21.6. The van der Waals surface area contributed by atoms with Crippen LogP contribution in [-0.2, 0) is 11.2 Å². The Morgan fingerprint density at radius 3 is 2.57 bits per heavy atom. The van der Waals surface area contributed by atoms with E-state index in [-0.39, 0.29) is 5.92 Å². The van der Waals surface area contributed by atoms with Crippen molar-refractivity contribution in [2.24, 2.45) is 11.8 Å². The van der Waals surface area contributed by atoms with Gasteiger partial charge in [0.1, 0.15) is 17.8 Å². The van der Waals surface area contributed by atoms with Crippen LogP contribution >= 0.6 is 0 Å². The predicted octanol–water partition coefficient (Wildman–Crippen LogP) is 8.19. The summed E-state index contributed by atoms with van der Waals surface area (Å²) in [4.78, 5) is 25.3. The van der Waals surface area contributed by atoms with Gasteiger partial charge in [0, 0.05) is 29.8 Å². The number of nitrogens with zero attached hydrogens (tertiary/aromatic N) is 2. The lowest BCUT2D eigenvalue weighted by atomic mass is 9.81. The first-order valence-electron chi connectivity index (χ1n) is 14.1. The van der Waals surface area contributed by atoms with Crippen molar-refractivity contribution in [1.82, 2.24) is 15.0 Å². The van der Waals surface area contributed by atoms with Gasteiger partial charge in [0.25, 0.3) is 0 Å². The van der Waals surface area contributed by atoms with Crippen molar-refractivity contribution in [3.63, 3.8) is 0 Å². The van der Waals surface area contributed by atoms with E-state index < -0.39 is 0 Å². The van der Waals surface area contributed by atoms with Gasteiger partial charge in [0.05, 0.1) is 5.69 Å². The predicted molar refractivity (Wildman–Crippen MR) is 144 cm³/mol. The molecule has 1 saturated carbocycles. The number of H-pyrrole nitrogens is 1. The second-order valence-electron chi connectivity index (χ2n) is 10.6. The Bertz CT molecular complexity index is 1020. The van der Waals surface area contributed by atoms with Crippen molar-refractivity contribution in [1.29, 1.82) is 0 Å². The van der Waals surface area contributed by atoms with Crippen molar-refractivity contribution in [3.05, 3.63) is 60.2 Å². The molecule has 4 heteroatoms. The number of hydrogen-bond donors (Lipinski definition) is 1. The van der Waals surface area contributed by atoms with Crippen molar-refractivity contribution in [2.75, 3.05) is 0 Å². The number of aromatic nitrogens is 3. The first-order chi connectivity index (χ1) is 17.2. The van der Waals surface area contributed by atoms with Gasteiger partial charge in [-0.15, -0.1) is 0 Å². The summed E-state index contributed by atoms with van der Waals surface area (Å²) in [6, 6.07) is 12.8. The highest BCUT2D eigenvalue weighted by atomic mass is 16.1. The van der Waals surface area contributed by atoms with E-state index >= 15 is 0 Å². The molecule has 0 aliphatic heterocycles. The molecule has 2 aromatic heterocycles. The molecule has 4 nitrogen and oxygen atoms in total. The molecule has 3 aromatic rings. The van der Waals surface area contributed by atoms with E-state index in [1.54, 1.807) is 6.33 Å². The van der Waals surface area contributed by atoms with E-state index in [4.69, 9.17) is 0 Å². The zero-order chi connectivity index (χ0) is 24.3.